The van der Waals surface area contributed by atoms with Gasteiger partial charge in [0.15, 0.2) is 0 Å². The molecule has 1 aromatic rings. The highest BCUT2D eigenvalue weighted by Gasteiger charge is 2.30. The first-order valence-corrected chi connectivity index (χ1v) is 8.65. The maximum Gasteiger partial charge on any atom is 0.0360 e. The number of hydrogen-bond donors (Lipinski definition) is 1. The monoisotopic (exact) mass is 278 g/mol. The van der Waals surface area contributed by atoms with Gasteiger partial charge in [-0.3, -0.25) is 4.90 Å². The van der Waals surface area contributed by atoms with Crippen molar-refractivity contribution in [2.24, 2.45) is 5.92 Å². The second kappa shape index (κ2) is 5.94. The quantitative estimate of drug-likeness (QED) is 0.911. The van der Waals surface area contributed by atoms with Gasteiger partial charge < -0.3 is 5.32 Å². The summed E-state index contributed by atoms with van der Waals surface area (Å²) in [7, 11) is 0. The fourth-order valence-corrected chi connectivity index (χ4v) is 4.68. The topological polar surface area (TPSA) is 15.3 Å². The smallest absolute Gasteiger partial charge is 0.0360 e. The Balaban J connectivity index is 1.69. The van der Waals surface area contributed by atoms with Crippen molar-refractivity contribution in [3.05, 3.63) is 21.9 Å². The van der Waals surface area contributed by atoms with Gasteiger partial charge in [-0.25, -0.2) is 0 Å². The standard InChI is InChI=1S/C16H26N2S/c1-12(2)10-13-11-18(8-7-17-13)15-4-3-5-16-14(15)6-9-19-16/h6,9,12-13,15,17H,3-5,7-8,10-11H2,1-2H3. The average molecular weight is 278 g/mol. The third-order valence-electron chi connectivity index (χ3n) is 4.50. The van der Waals surface area contributed by atoms with E-state index in [2.05, 4.69) is 35.5 Å². The number of nitrogens with one attached hydrogen (secondary N) is 1. The zero-order chi connectivity index (χ0) is 13.2. The molecule has 2 atom stereocenters. The first-order valence-electron chi connectivity index (χ1n) is 7.77. The summed E-state index contributed by atoms with van der Waals surface area (Å²) in [6, 6.07) is 3.77. The lowest BCUT2D eigenvalue weighted by atomic mass is 9.91. The van der Waals surface area contributed by atoms with E-state index in [4.69, 9.17) is 0 Å². The summed E-state index contributed by atoms with van der Waals surface area (Å²) in [6.45, 7) is 8.27. The molecule has 1 aliphatic carbocycles. The van der Waals surface area contributed by atoms with Crippen LogP contribution in [0.15, 0.2) is 11.4 Å². The largest absolute Gasteiger partial charge is 0.311 e. The number of rotatable bonds is 3. The molecule has 1 aliphatic heterocycles. The van der Waals surface area contributed by atoms with Gasteiger partial charge in [0.1, 0.15) is 0 Å². The number of piperazine rings is 1. The molecule has 19 heavy (non-hydrogen) atoms. The predicted octanol–water partition coefficient (Wildman–Crippen LogP) is 3.45. The first-order chi connectivity index (χ1) is 9.24. The highest BCUT2D eigenvalue weighted by molar-refractivity contribution is 7.10. The second-order valence-corrected chi connectivity index (χ2v) is 7.48. The summed E-state index contributed by atoms with van der Waals surface area (Å²) < 4.78 is 0. The minimum Gasteiger partial charge on any atom is -0.311 e. The molecule has 2 unspecified atom stereocenters. The molecule has 1 fully saturated rings. The number of hydrogen-bond acceptors (Lipinski definition) is 3. The average Bonchev–Trinajstić information content (AvgIpc) is 2.86. The molecule has 1 N–H and O–H groups in total. The van der Waals surface area contributed by atoms with Crippen LogP contribution in [0.2, 0.25) is 0 Å². The van der Waals surface area contributed by atoms with Crippen molar-refractivity contribution < 1.29 is 0 Å². The SMILES string of the molecule is CC(C)CC1CN(C2CCCc3sccc32)CCN1. The van der Waals surface area contributed by atoms with Gasteiger partial charge in [0, 0.05) is 36.6 Å². The molecule has 3 heteroatoms. The Morgan fingerprint density at radius 1 is 1.47 bits per heavy atom. The normalized spacial score (nSPS) is 28.6. The lowest BCUT2D eigenvalue weighted by Crippen LogP contribution is -2.52. The van der Waals surface area contributed by atoms with E-state index in [1.54, 1.807) is 10.4 Å². The molecule has 3 rings (SSSR count). The minimum absolute atomic E-state index is 0.692. The van der Waals surface area contributed by atoms with Gasteiger partial charge in [0.25, 0.3) is 0 Å². The second-order valence-electron chi connectivity index (χ2n) is 6.48. The van der Waals surface area contributed by atoms with Crippen molar-refractivity contribution in [3.8, 4) is 0 Å². The summed E-state index contributed by atoms with van der Waals surface area (Å²) in [5.74, 6) is 0.792. The summed E-state index contributed by atoms with van der Waals surface area (Å²) in [4.78, 5) is 4.39. The highest BCUT2D eigenvalue weighted by atomic mass is 32.1. The molecule has 0 bridgehead atoms. The Hall–Kier alpha value is -0.380. The minimum atomic E-state index is 0.692. The molecule has 0 amide bonds. The van der Waals surface area contributed by atoms with Gasteiger partial charge in [0.05, 0.1) is 0 Å². The van der Waals surface area contributed by atoms with Crippen molar-refractivity contribution in [3.63, 3.8) is 0 Å². The molecule has 2 heterocycles. The molecule has 0 saturated carbocycles. The van der Waals surface area contributed by atoms with E-state index in [1.807, 2.05) is 11.3 Å². The van der Waals surface area contributed by atoms with Crippen molar-refractivity contribution >= 4 is 11.3 Å². The third-order valence-corrected chi connectivity index (χ3v) is 5.50. The number of fused-ring (bicyclic) bond motifs is 1. The maximum atomic E-state index is 3.70. The Morgan fingerprint density at radius 3 is 3.21 bits per heavy atom. The predicted molar refractivity (Wildman–Crippen MR) is 82.8 cm³/mol. The Morgan fingerprint density at radius 2 is 2.37 bits per heavy atom. The van der Waals surface area contributed by atoms with Crippen molar-refractivity contribution in [1.82, 2.24) is 10.2 Å². The highest BCUT2D eigenvalue weighted by Crippen LogP contribution is 2.37. The fraction of sp³-hybridized carbons (Fsp3) is 0.750. The van der Waals surface area contributed by atoms with Crippen molar-refractivity contribution in [2.75, 3.05) is 19.6 Å². The van der Waals surface area contributed by atoms with Gasteiger partial charge in [0.2, 0.25) is 0 Å². The summed E-state index contributed by atoms with van der Waals surface area (Å²) in [5.41, 5.74) is 1.64. The van der Waals surface area contributed by atoms with E-state index in [9.17, 15) is 0 Å². The summed E-state index contributed by atoms with van der Waals surface area (Å²) in [5, 5.41) is 5.99. The Bertz CT molecular complexity index is 413. The fourth-order valence-electron chi connectivity index (χ4n) is 3.70. The van der Waals surface area contributed by atoms with Gasteiger partial charge in [-0.05, 0) is 48.6 Å². The van der Waals surface area contributed by atoms with Crippen LogP contribution in [0.25, 0.3) is 0 Å². The molecule has 2 aliphatic rings. The molecule has 0 spiro atoms. The lowest BCUT2D eigenvalue weighted by Gasteiger charge is -2.41. The van der Waals surface area contributed by atoms with E-state index in [1.165, 1.54) is 38.8 Å². The van der Waals surface area contributed by atoms with Gasteiger partial charge >= 0.3 is 0 Å². The van der Waals surface area contributed by atoms with Gasteiger partial charge in [-0.2, -0.15) is 0 Å². The van der Waals surface area contributed by atoms with Gasteiger partial charge in [-0.15, -0.1) is 11.3 Å². The van der Waals surface area contributed by atoms with Crippen LogP contribution in [0.1, 0.15) is 49.6 Å². The molecule has 0 radical (unpaired) electrons. The molecular weight excluding hydrogens is 252 g/mol. The van der Waals surface area contributed by atoms with Crippen LogP contribution in [-0.4, -0.2) is 30.6 Å². The molecule has 2 nitrogen and oxygen atoms in total. The van der Waals surface area contributed by atoms with Gasteiger partial charge in [-0.1, -0.05) is 13.8 Å². The van der Waals surface area contributed by atoms with Crippen LogP contribution < -0.4 is 5.32 Å². The Kier molecular flexibility index (Phi) is 4.25. The number of aryl methyl sites for hydroxylation is 1. The van der Waals surface area contributed by atoms with E-state index in [0.29, 0.717) is 12.1 Å². The molecule has 1 saturated heterocycles. The number of nitrogens with zero attached hydrogens (tertiary/aromatic N) is 1. The van der Waals surface area contributed by atoms with Crippen LogP contribution in [0.3, 0.4) is 0 Å². The zero-order valence-electron chi connectivity index (χ0n) is 12.2. The van der Waals surface area contributed by atoms with E-state index in [-0.39, 0.29) is 0 Å². The molecular formula is C16H26N2S. The van der Waals surface area contributed by atoms with Crippen molar-refractivity contribution in [1.29, 1.82) is 0 Å². The summed E-state index contributed by atoms with van der Waals surface area (Å²) >= 11 is 1.96. The van der Waals surface area contributed by atoms with E-state index < -0.39 is 0 Å². The van der Waals surface area contributed by atoms with Crippen LogP contribution >= 0.6 is 11.3 Å². The van der Waals surface area contributed by atoms with Crippen LogP contribution in [0.4, 0.5) is 0 Å². The van der Waals surface area contributed by atoms with Crippen molar-refractivity contribution in [2.45, 2.75) is 51.6 Å². The zero-order valence-corrected chi connectivity index (χ0v) is 13.0. The van der Waals surface area contributed by atoms with Crippen LogP contribution in [0, 0.1) is 5.92 Å². The molecule has 0 aromatic carbocycles. The third kappa shape index (κ3) is 3.04. The van der Waals surface area contributed by atoms with Crippen LogP contribution in [0.5, 0.6) is 0 Å². The number of thiophene rings is 1. The summed E-state index contributed by atoms with van der Waals surface area (Å²) in [6.07, 6.45) is 5.35. The molecule has 1 aromatic heterocycles. The van der Waals surface area contributed by atoms with Crippen LogP contribution in [-0.2, 0) is 6.42 Å². The Labute approximate surface area is 121 Å². The lowest BCUT2D eigenvalue weighted by molar-refractivity contribution is 0.124. The molecule has 106 valence electrons. The van der Waals surface area contributed by atoms with E-state index in [0.717, 1.165) is 12.5 Å². The van der Waals surface area contributed by atoms with E-state index >= 15 is 0 Å². The first kappa shape index (κ1) is 13.6. The maximum absolute atomic E-state index is 3.70.